The molecular weight excluding hydrogens is 173 g/mol. The molecule has 13 heavy (non-hydrogen) atoms. The summed E-state index contributed by atoms with van der Waals surface area (Å²) >= 11 is 0. The van der Waals surface area contributed by atoms with Gasteiger partial charge in [-0.1, -0.05) is 6.07 Å². The number of para-hydroxylation sites is 1. The second-order valence-corrected chi connectivity index (χ2v) is 2.33. The van der Waals surface area contributed by atoms with Crippen molar-refractivity contribution in [1.29, 1.82) is 0 Å². The fourth-order valence-corrected chi connectivity index (χ4v) is 0.898. The number of halogens is 1. The maximum atomic E-state index is 13.1. The van der Waals surface area contributed by atoms with Gasteiger partial charge in [-0.25, -0.2) is 9.38 Å². The quantitative estimate of drug-likeness (QED) is 0.524. The first kappa shape index (κ1) is 9.31. The highest BCUT2D eigenvalue weighted by molar-refractivity contribution is 5.80. The third-order valence-corrected chi connectivity index (χ3v) is 1.41. The molecule has 5 heteroatoms. The number of nitrogens with two attached hydrogens (primary N) is 2. The number of methoxy groups -OCH3 is 1. The van der Waals surface area contributed by atoms with Gasteiger partial charge in [0.15, 0.2) is 11.8 Å². The molecule has 0 aliphatic rings. The summed E-state index contributed by atoms with van der Waals surface area (Å²) < 4.78 is 18.0. The van der Waals surface area contributed by atoms with Crippen LogP contribution in [-0.2, 0) is 0 Å². The number of guanidine groups is 1. The van der Waals surface area contributed by atoms with Crippen molar-refractivity contribution in [1.82, 2.24) is 0 Å². The van der Waals surface area contributed by atoms with Crippen LogP contribution in [0.4, 0.5) is 10.1 Å². The number of hydrogen-bond acceptors (Lipinski definition) is 2. The van der Waals surface area contributed by atoms with Gasteiger partial charge < -0.3 is 16.2 Å². The van der Waals surface area contributed by atoms with Crippen LogP contribution in [0, 0.1) is 5.82 Å². The lowest BCUT2D eigenvalue weighted by atomic mass is 10.3. The Morgan fingerprint density at radius 2 is 2.15 bits per heavy atom. The zero-order valence-corrected chi connectivity index (χ0v) is 7.12. The van der Waals surface area contributed by atoms with Crippen LogP contribution in [0.25, 0.3) is 0 Å². The van der Waals surface area contributed by atoms with Crippen LogP contribution in [0.15, 0.2) is 23.2 Å². The summed E-state index contributed by atoms with van der Waals surface area (Å²) in [6.07, 6.45) is 0. The highest BCUT2D eigenvalue weighted by Gasteiger charge is 2.07. The van der Waals surface area contributed by atoms with Crippen LogP contribution in [-0.4, -0.2) is 13.1 Å². The summed E-state index contributed by atoms with van der Waals surface area (Å²) in [5, 5.41) is 0. The van der Waals surface area contributed by atoms with Crippen molar-refractivity contribution >= 4 is 11.6 Å². The molecule has 0 amide bonds. The third kappa shape index (κ3) is 2.08. The van der Waals surface area contributed by atoms with E-state index in [-0.39, 0.29) is 11.6 Å². The van der Waals surface area contributed by atoms with Crippen LogP contribution in [0.1, 0.15) is 0 Å². The van der Waals surface area contributed by atoms with Crippen LogP contribution in [0.3, 0.4) is 0 Å². The van der Waals surface area contributed by atoms with Crippen molar-refractivity contribution in [2.24, 2.45) is 16.5 Å². The van der Waals surface area contributed by atoms with E-state index in [9.17, 15) is 4.39 Å². The highest BCUT2D eigenvalue weighted by atomic mass is 19.1. The molecule has 0 unspecified atom stereocenters. The number of benzene rings is 1. The lowest BCUT2D eigenvalue weighted by molar-refractivity contribution is 0.413. The maximum Gasteiger partial charge on any atom is 0.191 e. The predicted octanol–water partition coefficient (Wildman–Crippen LogP) is 0.739. The van der Waals surface area contributed by atoms with Crippen molar-refractivity contribution in [3.63, 3.8) is 0 Å². The second kappa shape index (κ2) is 3.75. The van der Waals surface area contributed by atoms with Crippen LogP contribution >= 0.6 is 0 Å². The summed E-state index contributed by atoms with van der Waals surface area (Å²) in [4.78, 5) is 3.60. The number of nitrogens with zero attached hydrogens (tertiary/aromatic N) is 1. The number of rotatable bonds is 2. The Bertz CT molecular complexity index is 334. The molecular formula is C8H10FN3O. The molecule has 0 spiro atoms. The van der Waals surface area contributed by atoms with Crippen LogP contribution < -0.4 is 16.2 Å². The first-order valence-corrected chi connectivity index (χ1v) is 3.57. The van der Waals surface area contributed by atoms with Gasteiger partial charge in [-0.3, -0.25) is 0 Å². The van der Waals surface area contributed by atoms with Gasteiger partial charge in [0.2, 0.25) is 0 Å². The second-order valence-electron chi connectivity index (χ2n) is 2.33. The monoisotopic (exact) mass is 183 g/mol. The lowest BCUT2D eigenvalue weighted by Crippen LogP contribution is -2.22. The normalized spacial score (nSPS) is 9.38. The molecule has 0 atom stereocenters. The van der Waals surface area contributed by atoms with Crippen molar-refractivity contribution in [3.05, 3.63) is 24.0 Å². The van der Waals surface area contributed by atoms with E-state index < -0.39 is 5.82 Å². The summed E-state index contributed by atoms with van der Waals surface area (Å²) in [6, 6.07) is 4.34. The van der Waals surface area contributed by atoms with E-state index in [4.69, 9.17) is 16.2 Å². The Balaban J connectivity index is 3.23. The Morgan fingerprint density at radius 3 is 2.69 bits per heavy atom. The molecule has 4 N–H and O–H groups in total. The maximum absolute atomic E-state index is 13.1. The lowest BCUT2D eigenvalue weighted by Gasteiger charge is -2.04. The van der Waals surface area contributed by atoms with E-state index in [0.29, 0.717) is 5.75 Å². The van der Waals surface area contributed by atoms with Crippen molar-refractivity contribution in [2.45, 2.75) is 0 Å². The Kier molecular flexibility index (Phi) is 2.69. The van der Waals surface area contributed by atoms with E-state index >= 15 is 0 Å². The van der Waals surface area contributed by atoms with E-state index in [1.54, 1.807) is 6.07 Å². The summed E-state index contributed by atoms with van der Waals surface area (Å²) in [5.41, 5.74) is 10.3. The third-order valence-electron chi connectivity index (χ3n) is 1.41. The molecule has 0 fully saturated rings. The van der Waals surface area contributed by atoms with Crippen LogP contribution in [0.2, 0.25) is 0 Å². The van der Waals surface area contributed by atoms with Crippen molar-refractivity contribution < 1.29 is 9.13 Å². The van der Waals surface area contributed by atoms with Gasteiger partial charge in [-0.05, 0) is 12.1 Å². The van der Waals surface area contributed by atoms with E-state index in [0.717, 1.165) is 0 Å². The molecule has 70 valence electrons. The number of hydrogen-bond donors (Lipinski definition) is 2. The van der Waals surface area contributed by atoms with Gasteiger partial charge in [0, 0.05) is 0 Å². The molecule has 0 aliphatic heterocycles. The van der Waals surface area contributed by atoms with Gasteiger partial charge in [0.25, 0.3) is 0 Å². The standard InChI is InChI=1S/C8H10FN3O/c1-13-6-4-2-3-5(9)7(6)12-8(10)11/h2-4H,1H3,(H4,10,11,12). The fraction of sp³-hybridized carbons (Fsp3) is 0.125. The number of ether oxygens (including phenoxy) is 1. The Hall–Kier alpha value is -1.78. The summed E-state index contributed by atoms with van der Waals surface area (Å²) in [5.74, 6) is -0.426. The zero-order valence-electron chi connectivity index (χ0n) is 7.12. The van der Waals surface area contributed by atoms with Gasteiger partial charge in [0.1, 0.15) is 11.4 Å². The molecule has 1 aromatic rings. The van der Waals surface area contributed by atoms with Crippen molar-refractivity contribution in [2.75, 3.05) is 7.11 Å². The Morgan fingerprint density at radius 1 is 1.46 bits per heavy atom. The molecule has 0 bridgehead atoms. The minimum absolute atomic E-state index is 0.0185. The van der Waals surface area contributed by atoms with Crippen LogP contribution in [0.5, 0.6) is 5.75 Å². The first-order chi connectivity index (χ1) is 6.15. The minimum Gasteiger partial charge on any atom is -0.494 e. The molecule has 0 saturated heterocycles. The van der Waals surface area contributed by atoms with E-state index in [1.165, 1.54) is 19.2 Å². The molecule has 0 saturated carbocycles. The SMILES string of the molecule is COc1cccc(F)c1N=C(N)N. The van der Waals surface area contributed by atoms with Gasteiger partial charge in [-0.15, -0.1) is 0 Å². The first-order valence-electron chi connectivity index (χ1n) is 3.57. The topological polar surface area (TPSA) is 73.6 Å². The predicted molar refractivity (Wildman–Crippen MR) is 48.4 cm³/mol. The van der Waals surface area contributed by atoms with Gasteiger partial charge in [-0.2, -0.15) is 0 Å². The summed E-state index contributed by atoms with van der Waals surface area (Å²) in [6.45, 7) is 0. The van der Waals surface area contributed by atoms with Crippen molar-refractivity contribution in [3.8, 4) is 5.75 Å². The zero-order chi connectivity index (χ0) is 9.84. The molecule has 0 aromatic heterocycles. The average molecular weight is 183 g/mol. The van der Waals surface area contributed by atoms with Gasteiger partial charge in [0.05, 0.1) is 7.11 Å². The highest BCUT2D eigenvalue weighted by Crippen LogP contribution is 2.29. The Labute approximate surface area is 75.0 Å². The van der Waals surface area contributed by atoms with Gasteiger partial charge >= 0.3 is 0 Å². The average Bonchev–Trinajstić information content (AvgIpc) is 2.08. The largest absolute Gasteiger partial charge is 0.494 e. The number of aliphatic imine (C=N–C) groups is 1. The van der Waals surface area contributed by atoms with E-state index in [1.807, 2.05) is 0 Å². The molecule has 4 nitrogen and oxygen atoms in total. The molecule has 0 radical (unpaired) electrons. The molecule has 0 heterocycles. The van der Waals surface area contributed by atoms with E-state index in [2.05, 4.69) is 4.99 Å². The molecule has 1 aromatic carbocycles. The minimum atomic E-state index is -0.521. The molecule has 1 rings (SSSR count). The fourth-order valence-electron chi connectivity index (χ4n) is 0.898. The summed E-state index contributed by atoms with van der Waals surface area (Å²) in [7, 11) is 1.42. The smallest absolute Gasteiger partial charge is 0.191 e. The molecule has 0 aliphatic carbocycles.